The summed E-state index contributed by atoms with van der Waals surface area (Å²) in [7, 11) is 1.71. The predicted molar refractivity (Wildman–Crippen MR) is 164 cm³/mol. The van der Waals surface area contributed by atoms with Crippen molar-refractivity contribution in [1.29, 1.82) is 0 Å². The predicted octanol–water partition coefficient (Wildman–Crippen LogP) is 4.50. The Morgan fingerprint density at radius 1 is 1.05 bits per heavy atom. The van der Waals surface area contributed by atoms with E-state index in [0.717, 1.165) is 16.7 Å². The highest BCUT2D eigenvalue weighted by molar-refractivity contribution is 6.06. The maximum Gasteiger partial charge on any atom is 0.323 e. The molecule has 43 heavy (non-hydrogen) atoms. The molecule has 1 saturated heterocycles. The average Bonchev–Trinajstić information content (AvgIpc) is 3.36. The Balaban J connectivity index is 1.51. The molecular weight excluding hydrogens is 548 g/mol. The first kappa shape index (κ1) is 31.3. The minimum atomic E-state index is -1.07. The molecule has 0 spiro atoms. The zero-order valence-electron chi connectivity index (χ0n) is 25.8. The van der Waals surface area contributed by atoms with Gasteiger partial charge in [0.05, 0.1) is 5.69 Å². The van der Waals surface area contributed by atoms with E-state index in [0.29, 0.717) is 37.4 Å². The Morgan fingerprint density at radius 3 is 2.40 bits per heavy atom. The third-order valence-corrected chi connectivity index (χ3v) is 7.73. The monoisotopic (exact) mass is 588 g/mol. The molecule has 4 N–H and O–H groups in total. The molecule has 0 saturated carbocycles. The molecule has 2 aromatic heterocycles. The summed E-state index contributed by atoms with van der Waals surface area (Å²) in [6.07, 6.45) is 3.01. The van der Waals surface area contributed by atoms with Gasteiger partial charge in [-0.05, 0) is 68.5 Å². The Morgan fingerprint density at radius 2 is 1.77 bits per heavy atom. The summed E-state index contributed by atoms with van der Waals surface area (Å²) in [4.78, 5) is 58.2. The summed E-state index contributed by atoms with van der Waals surface area (Å²) in [5.41, 5.74) is 7.85. The molecule has 1 aromatic carbocycles. The van der Waals surface area contributed by atoms with Crippen LogP contribution in [0.15, 0.2) is 47.0 Å². The third kappa shape index (κ3) is 6.87. The van der Waals surface area contributed by atoms with Crippen LogP contribution in [-0.2, 0) is 23.1 Å². The Hall–Kier alpha value is -4.67. The van der Waals surface area contributed by atoms with Gasteiger partial charge in [-0.2, -0.15) is 0 Å². The number of likely N-dealkylation sites (N-methyl/N-ethyl adjacent to an activating group) is 1. The second kappa shape index (κ2) is 11.9. The van der Waals surface area contributed by atoms with Crippen LogP contribution in [0.25, 0.3) is 0 Å². The lowest BCUT2D eigenvalue weighted by Gasteiger charge is -2.44. The number of amides is 5. The number of rotatable bonds is 7. The molecule has 1 fully saturated rings. The van der Waals surface area contributed by atoms with Crippen LogP contribution in [0.2, 0.25) is 0 Å². The zero-order valence-corrected chi connectivity index (χ0v) is 25.8. The molecule has 3 heterocycles. The van der Waals surface area contributed by atoms with Gasteiger partial charge in [-0.15, -0.1) is 0 Å². The van der Waals surface area contributed by atoms with Gasteiger partial charge in [-0.25, -0.2) is 4.79 Å². The SMILES string of the molecule is Cc1ccc(NC(=O)Nc2cc(C(C)(C)C)oc2C(=O)N2CCN(C)C(=O)C2(C)C)cc1CCc1ccc(C(N)=O)nc1. The molecule has 3 aromatic rings. The number of nitrogens with one attached hydrogen (secondary N) is 2. The van der Waals surface area contributed by atoms with Crippen LogP contribution in [0.4, 0.5) is 16.2 Å². The maximum atomic E-state index is 13.8. The second-order valence-corrected chi connectivity index (χ2v) is 12.5. The van der Waals surface area contributed by atoms with Gasteiger partial charge in [0.15, 0.2) is 0 Å². The van der Waals surface area contributed by atoms with Gasteiger partial charge in [-0.3, -0.25) is 19.4 Å². The standard InChI is InChI=1S/C32H40N6O5/c1-19-8-12-22(16-21(19)11-9-20-10-13-23(27(33)39)34-18-20)35-30(42)36-24-17-25(31(2,3)4)43-26(24)28(40)38-15-14-37(7)29(41)32(38,5)6/h8,10,12-13,16-18H,9,11,14-15H2,1-7H3,(H2,33,39)(H2,35,36,42). The van der Waals surface area contributed by atoms with E-state index in [2.05, 4.69) is 15.6 Å². The maximum absolute atomic E-state index is 13.8. The highest BCUT2D eigenvalue weighted by Gasteiger charge is 2.45. The lowest BCUT2D eigenvalue weighted by Crippen LogP contribution is -2.63. The number of aromatic nitrogens is 1. The number of carbonyl (C=O) groups is 4. The van der Waals surface area contributed by atoms with Crippen molar-refractivity contribution in [3.05, 3.63) is 76.5 Å². The molecule has 1 aliphatic rings. The largest absolute Gasteiger partial charge is 0.453 e. The normalized spacial score (nSPS) is 14.9. The smallest absolute Gasteiger partial charge is 0.323 e. The number of hydrogen-bond acceptors (Lipinski definition) is 6. The molecule has 1 aliphatic heterocycles. The van der Waals surface area contributed by atoms with Gasteiger partial charge in [0.2, 0.25) is 11.7 Å². The summed E-state index contributed by atoms with van der Waals surface area (Å²) < 4.78 is 6.04. The number of hydrogen-bond donors (Lipinski definition) is 3. The van der Waals surface area contributed by atoms with Crippen molar-refractivity contribution in [2.24, 2.45) is 5.73 Å². The molecule has 0 aliphatic carbocycles. The van der Waals surface area contributed by atoms with Crippen LogP contribution in [0.5, 0.6) is 0 Å². The van der Waals surface area contributed by atoms with Crippen molar-refractivity contribution in [3.8, 4) is 0 Å². The summed E-state index contributed by atoms with van der Waals surface area (Å²) in [5.74, 6) is -0.699. The topological polar surface area (TPSA) is 151 Å². The molecule has 0 atom stereocenters. The minimum Gasteiger partial charge on any atom is -0.453 e. The van der Waals surface area contributed by atoms with Gasteiger partial charge in [-0.1, -0.05) is 32.9 Å². The zero-order chi connectivity index (χ0) is 31.7. The van der Waals surface area contributed by atoms with Crippen LogP contribution in [0, 0.1) is 6.92 Å². The van der Waals surface area contributed by atoms with Crippen molar-refractivity contribution < 1.29 is 23.6 Å². The Bertz CT molecular complexity index is 1550. The number of urea groups is 1. The molecule has 5 amide bonds. The number of primary amides is 1. The number of nitrogens with zero attached hydrogens (tertiary/aromatic N) is 3. The number of aryl methyl sites for hydroxylation is 3. The summed E-state index contributed by atoms with van der Waals surface area (Å²) in [5, 5.41) is 5.65. The van der Waals surface area contributed by atoms with Crippen LogP contribution < -0.4 is 16.4 Å². The average molecular weight is 589 g/mol. The van der Waals surface area contributed by atoms with E-state index in [1.807, 2.05) is 52.0 Å². The van der Waals surface area contributed by atoms with E-state index in [4.69, 9.17) is 10.2 Å². The number of nitrogens with two attached hydrogens (primary N) is 1. The molecule has 0 unspecified atom stereocenters. The van der Waals surface area contributed by atoms with Crippen LogP contribution in [0.3, 0.4) is 0 Å². The van der Waals surface area contributed by atoms with Gasteiger partial charge >= 0.3 is 6.03 Å². The second-order valence-electron chi connectivity index (χ2n) is 12.5. The summed E-state index contributed by atoms with van der Waals surface area (Å²) >= 11 is 0. The van der Waals surface area contributed by atoms with Crippen molar-refractivity contribution in [1.82, 2.24) is 14.8 Å². The molecular formula is C32H40N6O5. The van der Waals surface area contributed by atoms with Crippen molar-refractivity contribution in [3.63, 3.8) is 0 Å². The first-order chi connectivity index (χ1) is 20.1. The van der Waals surface area contributed by atoms with Gasteiger partial charge < -0.3 is 30.6 Å². The fourth-order valence-electron chi connectivity index (χ4n) is 5.00. The summed E-state index contributed by atoms with van der Waals surface area (Å²) in [6, 6.07) is 10.2. The van der Waals surface area contributed by atoms with Crippen molar-refractivity contribution in [2.45, 2.75) is 65.3 Å². The number of anilines is 2. The Kier molecular flexibility index (Phi) is 8.66. The lowest BCUT2D eigenvalue weighted by molar-refractivity contribution is -0.144. The van der Waals surface area contributed by atoms with E-state index in [-0.39, 0.29) is 23.0 Å². The van der Waals surface area contributed by atoms with Gasteiger partial charge in [0.1, 0.15) is 17.0 Å². The molecule has 4 rings (SSSR count). The van der Waals surface area contributed by atoms with Crippen molar-refractivity contribution in [2.75, 3.05) is 30.8 Å². The van der Waals surface area contributed by atoms with E-state index < -0.39 is 28.8 Å². The van der Waals surface area contributed by atoms with E-state index in [1.54, 1.807) is 44.1 Å². The highest BCUT2D eigenvalue weighted by atomic mass is 16.4. The first-order valence-electron chi connectivity index (χ1n) is 14.2. The summed E-state index contributed by atoms with van der Waals surface area (Å²) in [6.45, 7) is 12.0. The van der Waals surface area contributed by atoms with Gasteiger partial charge in [0, 0.05) is 43.5 Å². The quantitative estimate of drug-likeness (QED) is 0.370. The molecule has 0 radical (unpaired) electrons. The lowest BCUT2D eigenvalue weighted by atomic mass is 9.93. The van der Waals surface area contributed by atoms with E-state index in [9.17, 15) is 19.2 Å². The number of furan rings is 1. The number of carbonyl (C=O) groups excluding carboxylic acids is 4. The van der Waals surface area contributed by atoms with E-state index >= 15 is 0 Å². The molecule has 228 valence electrons. The number of piperazine rings is 1. The third-order valence-electron chi connectivity index (χ3n) is 7.73. The molecule has 11 nitrogen and oxygen atoms in total. The van der Waals surface area contributed by atoms with Crippen LogP contribution >= 0.6 is 0 Å². The number of pyridine rings is 1. The van der Waals surface area contributed by atoms with E-state index in [1.165, 1.54) is 4.90 Å². The van der Waals surface area contributed by atoms with Gasteiger partial charge in [0.25, 0.3) is 11.8 Å². The highest BCUT2D eigenvalue weighted by Crippen LogP contribution is 2.33. The Labute approximate surface area is 251 Å². The number of benzene rings is 1. The van der Waals surface area contributed by atoms with Crippen LogP contribution in [-0.4, -0.2) is 64.2 Å². The minimum absolute atomic E-state index is 0.0222. The van der Waals surface area contributed by atoms with Crippen LogP contribution in [0.1, 0.15) is 78.1 Å². The molecule has 0 bridgehead atoms. The van der Waals surface area contributed by atoms with Crippen molar-refractivity contribution >= 4 is 35.1 Å². The molecule has 11 heteroatoms. The first-order valence-corrected chi connectivity index (χ1v) is 14.2. The fraction of sp³-hybridized carbons (Fsp3) is 0.406. The fourth-order valence-corrected chi connectivity index (χ4v) is 5.00.